The lowest BCUT2D eigenvalue weighted by molar-refractivity contribution is 0.0695. The molecule has 1 aromatic heterocycles. The summed E-state index contributed by atoms with van der Waals surface area (Å²) in [4.78, 5) is 31.8. The number of carbonyl (C=O) groups excluding carboxylic acids is 1. The zero-order chi connectivity index (χ0) is 17.3. The number of aromatic nitrogens is 1. The van der Waals surface area contributed by atoms with Gasteiger partial charge in [-0.25, -0.2) is 4.79 Å². The second-order valence-electron chi connectivity index (χ2n) is 6.13. The molecule has 6 heteroatoms. The van der Waals surface area contributed by atoms with Gasteiger partial charge in [-0.15, -0.1) is 0 Å². The molecule has 1 aromatic carbocycles. The van der Waals surface area contributed by atoms with Gasteiger partial charge in [0.1, 0.15) is 5.69 Å². The lowest BCUT2D eigenvalue weighted by Crippen LogP contribution is -2.35. The van der Waals surface area contributed by atoms with Crippen molar-refractivity contribution in [3.05, 3.63) is 53.9 Å². The molecule has 124 valence electrons. The van der Waals surface area contributed by atoms with Crippen LogP contribution < -0.4 is 9.80 Å². The molecule has 1 N–H and O–H groups in total. The lowest BCUT2D eigenvalue weighted by Gasteiger charge is -2.24. The number of carboxylic acids is 1. The maximum absolute atomic E-state index is 12.9. The van der Waals surface area contributed by atoms with Crippen molar-refractivity contribution >= 4 is 23.3 Å². The number of para-hydroxylation sites is 2. The Balaban J connectivity index is 1.98. The third-order valence-electron chi connectivity index (χ3n) is 4.14. The monoisotopic (exact) mass is 325 g/mol. The summed E-state index contributed by atoms with van der Waals surface area (Å²) in [5, 5.41) is 8.95. The maximum atomic E-state index is 12.9. The van der Waals surface area contributed by atoms with Crippen LogP contribution in [0.1, 0.15) is 27.8 Å². The van der Waals surface area contributed by atoms with E-state index in [1.165, 1.54) is 18.3 Å². The third kappa shape index (κ3) is 2.95. The van der Waals surface area contributed by atoms with Crippen LogP contribution >= 0.6 is 0 Å². The standard InChI is InChI=1S/C18H19N3O3/c1-12-10-20(2)15-5-3-4-6-16(15)21(11-12)17(22)14-8-7-13(9-19-14)18(23)24/h3-9,12H,10-11H2,1-2H3,(H,23,24). The third-order valence-corrected chi connectivity index (χ3v) is 4.14. The topological polar surface area (TPSA) is 73.7 Å². The maximum Gasteiger partial charge on any atom is 0.337 e. The van der Waals surface area contributed by atoms with Gasteiger partial charge in [0.2, 0.25) is 0 Å². The molecular formula is C18H19N3O3. The highest BCUT2D eigenvalue weighted by Crippen LogP contribution is 2.33. The van der Waals surface area contributed by atoms with Gasteiger partial charge in [-0.3, -0.25) is 9.78 Å². The molecule has 1 unspecified atom stereocenters. The van der Waals surface area contributed by atoms with Crippen LogP contribution in [-0.2, 0) is 0 Å². The quantitative estimate of drug-likeness (QED) is 0.918. The zero-order valence-corrected chi connectivity index (χ0v) is 13.6. The average molecular weight is 325 g/mol. The number of anilines is 2. The Morgan fingerprint density at radius 3 is 2.46 bits per heavy atom. The molecule has 24 heavy (non-hydrogen) atoms. The predicted octanol–water partition coefficient (Wildman–Crippen LogP) is 2.51. The van der Waals surface area contributed by atoms with E-state index < -0.39 is 5.97 Å². The molecule has 2 heterocycles. The molecule has 1 atom stereocenters. The predicted molar refractivity (Wildman–Crippen MR) is 91.7 cm³/mol. The van der Waals surface area contributed by atoms with Gasteiger partial charge in [0, 0.05) is 26.3 Å². The van der Waals surface area contributed by atoms with Crippen LogP contribution in [0.3, 0.4) is 0 Å². The van der Waals surface area contributed by atoms with E-state index in [0.717, 1.165) is 17.9 Å². The Morgan fingerprint density at radius 2 is 1.83 bits per heavy atom. The molecule has 0 radical (unpaired) electrons. The molecule has 1 aliphatic rings. The second kappa shape index (κ2) is 6.31. The van der Waals surface area contributed by atoms with Gasteiger partial charge in [-0.05, 0) is 30.2 Å². The normalized spacial score (nSPS) is 17.2. The van der Waals surface area contributed by atoms with E-state index in [1.807, 2.05) is 31.3 Å². The number of fused-ring (bicyclic) bond motifs is 1. The van der Waals surface area contributed by atoms with Crippen molar-refractivity contribution in [1.29, 1.82) is 0 Å². The first-order chi connectivity index (χ1) is 11.5. The van der Waals surface area contributed by atoms with Gasteiger partial charge in [-0.1, -0.05) is 19.1 Å². The number of rotatable bonds is 2. The number of aromatic carboxylic acids is 1. The van der Waals surface area contributed by atoms with Crippen LogP contribution in [0.2, 0.25) is 0 Å². The number of nitrogens with zero attached hydrogens (tertiary/aromatic N) is 3. The minimum atomic E-state index is -1.06. The van der Waals surface area contributed by atoms with E-state index in [0.29, 0.717) is 12.5 Å². The number of amides is 1. The van der Waals surface area contributed by atoms with Crippen LogP contribution in [0.25, 0.3) is 0 Å². The number of hydrogen-bond acceptors (Lipinski definition) is 4. The molecule has 0 saturated carbocycles. The SMILES string of the molecule is CC1CN(C)c2ccccc2N(C(=O)c2ccc(C(=O)O)cn2)C1. The first-order valence-electron chi connectivity index (χ1n) is 7.78. The molecule has 3 rings (SSSR count). The van der Waals surface area contributed by atoms with Gasteiger partial charge in [-0.2, -0.15) is 0 Å². The van der Waals surface area contributed by atoms with Crippen molar-refractivity contribution in [2.24, 2.45) is 5.92 Å². The Labute approximate surface area is 140 Å². The highest BCUT2D eigenvalue weighted by atomic mass is 16.4. The lowest BCUT2D eigenvalue weighted by atomic mass is 10.1. The van der Waals surface area contributed by atoms with E-state index in [9.17, 15) is 9.59 Å². The van der Waals surface area contributed by atoms with Gasteiger partial charge < -0.3 is 14.9 Å². The van der Waals surface area contributed by atoms with Crippen molar-refractivity contribution in [3.63, 3.8) is 0 Å². The first kappa shape index (κ1) is 16.0. The highest BCUT2D eigenvalue weighted by molar-refractivity contribution is 6.07. The van der Waals surface area contributed by atoms with Crippen molar-refractivity contribution in [2.75, 3.05) is 29.9 Å². The summed E-state index contributed by atoms with van der Waals surface area (Å²) in [6.45, 7) is 3.54. The van der Waals surface area contributed by atoms with Crippen molar-refractivity contribution in [2.45, 2.75) is 6.92 Å². The molecule has 6 nitrogen and oxygen atoms in total. The summed E-state index contributed by atoms with van der Waals surface area (Å²) in [5.74, 6) is -0.983. The van der Waals surface area contributed by atoms with Gasteiger partial charge in [0.05, 0.1) is 16.9 Å². The molecular weight excluding hydrogens is 306 g/mol. The summed E-state index contributed by atoms with van der Waals surface area (Å²) in [6.07, 6.45) is 1.22. The van der Waals surface area contributed by atoms with E-state index in [-0.39, 0.29) is 17.2 Å². The fourth-order valence-corrected chi connectivity index (χ4v) is 3.03. The number of hydrogen-bond donors (Lipinski definition) is 1. The molecule has 0 aliphatic carbocycles. The molecule has 0 saturated heterocycles. The summed E-state index contributed by atoms with van der Waals surface area (Å²) in [7, 11) is 2.02. The molecule has 2 aromatic rings. The van der Waals surface area contributed by atoms with Gasteiger partial charge in [0.15, 0.2) is 0 Å². The highest BCUT2D eigenvalue weighted by Gasteiger charge is 2.27. The smallest absolute Gasteiger partial charge is 0.337 e. The Bertz CT molecular complexity index is 773. The van der Waals surface area contributed by atoms with Crippen molar-refractivity contribution in [1.82, 2.24) is 4.98 Å². The van der Waals surface area contributed by atoms with Crippen LogP contribution in [0.4, 0.5) is 11.4 Å². The Morgan fingerprint density at radius 1 is 1.12 bits per heavy atom. The van der Waals surface area contributed by atoms with Crippen LogP contribution in [-0.4, -0.2) is 42.1 Å². The van der Waals surface area contributed by atoms with Crippen LogP contribution in [0.15, 0.2) is 42.6 Å². The second-order valence-corrected chi connectivity index (χ2v) is 6.13. The van der Waals surface area contributed by atoms with E-state index >= 15 is 0 Å². The fraction of sp³-hybridized carbons (Fsp3) is 0.278. The summed E-state index contributed by atoms with van der Waals surface area (Å²) < 4.78 is 0. The van der Waals surface area contributed by atoms with Crippen LogP contribution in [0.5, 0.6) is 0 Å². The number of carboxylic acid groups (broad SMARTS) is 1. The summed E-state index contributed by atoms with van der Waals surface area (Å²) >= 11 is 0. The zero-order valence-electron chi connectivity index (χ0n) is 13.6. The largest absolute Gasteiger partial charge is 0.478 e. The Kier molecular flexibility index (Phi) is 4.20. The van der Waals surface area contributed by atoms with Gasteiger partial charge in [0.25, 0.3) is 5.91 Å². The van der Waals surface area contributed by atoms with Crippen LogP contribution in [0, 0.1) is 5.92 Å². The molecule has 1 aliphatic heterocycles. The number of benzene rings is 1. The summed E-state index contributed by atoms with van der Waals surface area (Å²) in [5.41, 5.74) is 2.15. The molecule has 0 spiro atoms. The molecule has 0 bridgehead atoms. The van der Waals surface area contributed by atoms with E-state index in [2.05, 4.69) is 16.8 Å². The minimum Gasteiger partial charge on any atom is -0.478 e. The average Bonchev–Trinajstić information content (AvgIpc) is 2.71. The first-order valence-corrected chi connectivity index (χ1v) is 7.78. The molecule has 0 fully saturated rings. The number of pyridine rings is 1. The fourth-order valence-electron chi connectivity index (χ4n) is 3.03. The van der Waals surface area contributed by atoms with Crippen molar-refractivity contribution in [3.8, 4) is 0 Å². The van der Waals surface area contributed by atoms with Gasteiger partial charge >= 0.3 is 5.97 Å². The van der Waals surface area contributed by atoms with Crippen molar-refractivity contribution < 1.29 is 14.7 Å². The minimum absolute atomic E-state index is 0.0657. The van der Waals surface area contributed by atoms with E-state index in [1.54, 1.807) is 4.90 Å². The summed E-state index contributed by atoms with van der Waals surface area (Å²) in [6, 6.07) is 10.6. The number of carbonyl (C=O) groups is 2. The van der Waals surface area contributed by atoms with E-state index in [4.69, 9.17) is 5.11 Å². The Hall–Kier alpha value is -2.89. The molecule has 1 amide bonds.